The molecule has 200 valence electrons. The largest absolute Gasteiger partial charge is 0.511 e. The molecule has 0 saturated heterocycles. The molecular formula is C29H26N2O8. The van der Waals surface area contributed by atoms with E-state index < -0.39 is 52.0 Å². The quantitative estimate of drug-likeness (QED) is 0.325. The van der Waals surface area contributed by atoms with Gasteiger partial charge < -0.3 is 31.5 Å². The van der Waals surface area contributed by atoms with Gasteiger partial charge in [-0.15, -0.1) is 0 Å². The van der Waals surface area contributed by atoms with E-state index in [1.54, 1.807) is 30.3 Å². The van der Waals surface area contributed by atoms with E-state index in [2.05, 4.69) is 5.32 Å². The first-order valence-electron chi connectivity index (χ1n) is 12.8. The highest BCUT2D eigenvalue weighted by molar-refractivity contribution is 6.24. The second-order valence-corrected chi connectivity index (χ2v) is 10.7. The summed E-state index contributed by atoms with van der Waals surface area (Å²) in [5, 5.41) is 46.4. The Bertz CT molecular complexity index is 1550. The van der Waals surface area contributed by atoms with Gasteiger partial charge in [-0.25, -0.2) is 0 Å². The van der Waals surface area contributed by atoms with Gasteiger partial charge in [-0.1, -0.05) is 18.2 Å². The average Bonchev–Trinajstić information content (AvgIpc) is 3.73. The molecule has 0 unspecified atom stereocenters. The normalized spacial score (nSPS) is 26.1. The van der Waals surface area contributed by atoms with Gasteiger partial charge >= 0.3 is 0 Å². The summed E-state index contributed by atoms with van der Waals surface area (Å²) >= 11 is 0. The first kappa shape index (κ1) is 24.9. The highest BCUT2D eigenvalue weighted by Crippen LogP contribution is 2.52. The minimum Gasteiger partial charge on any atom is -0.511 e. The topological polar surface area (TPSA) is 187 Å². The average molecular weight is 531 g/mol. The second kappa shape index (κ2) is 8.54. The van der Waals surface area contributed by atoms with E-state index in [1.165, 1.54) is 6.07 Å². The number of aliphatic hydroxyl groups excluding tert-OH is 2. The van der Waals surface area contributed by atoms with Gasteiger partial charge in [-0.2, -0.15) is 0 Å². The van der Waals surface area contributed by atoms with Crippen molar-refractivity contribution in [3.05, 3.63) is 70.2 Å². The molecule has 0 radical (unpaired) electrons. The van der Waals surface area contributed by atoms with Crippen LogP contribution in [0.4, 0.5) is 5.69 Å². The third kappa shape index (κ3) is 3.66. The van der Waals surface area contributed by atoms with Gasteiger partial charge in [-0.05, 0) is 66.5 Å². The maximum atomic E-state index is 13.7. The summed E-state index contributed by atoms with van der Waals surface area (Å²) < 4.78 is 0. The number of allylic oxidation sites excluding steroid dienone is 2. The molecule has 1 saturated carbocycles. The number of hydrogen-bond acceptors (Lipinski definition) is 8. The van der Waals surface area contributed by atoms with Crippen molar-refractivity contribution in [1.82, 2.24) is 0 Å². The highest BCUT2D eigenvalue weighted by Gasteiger charge is 2.59. The van der Waals surface area contributed by atoms with Crippen LogP contribution >= 0.6 is 0 Å². The second-order valence-electron chi connectivity index (χ2n) is 10.7. The zero-order valence-electron chi connectivity index (χ0n) is 20.7. The molecule has 3 atom stereocenters. The number of Topliss-reactive ketones (excluding diaryl/α,β-unsaturated/α-hetero) is 2. The van der Waals surface area contributed by atoms with Crippen LogP contribution in [0.3, 0.4) is 0 Å². The van der Waals surface area contributed by atoms with Crippen molar-refractivity contribution in [2.75, 3.05) is 5.32 Å². The van der Waals surface area contributed by atoms with E-state index >= 15 is 0 Å². The Balaban J connectivity index is 1.40. The lowest BCUT2D eigenvalue weighted by Crippen LogP contribution is -2.57. The molecule has 4 aliphatic carbocycles. The third-order valence-corrected chi connectivity index (χ3v) is 8.36. The van der Waals surface area contributed by atoms with Gasteiger partial charge in [0.2, 0.25) is 11.7 Å². The zero-order chi connectivity index (χ0) is 27.8. The summed E-state index contributed by atoms with van der Waals surface area (Å²) in [4.78, 5) is 50.7. The van der Waals surface area contributed by atoms with Crippen molar-refractivity contribution in [2.24, 2.45) is 23.5 Å². The maximum absolute atomic E-state index is 13.7. The van der Waals surface area contributed by atoms with Crippen LogP contribution in [-0.2, 0) is 20.8 Å². The van der Waals surface area contributed by atoms with E-state index in [0.29, 0.717) is 16.8 Å². The minimum absolute atomic E-state index is 0.0169. The van der Waals surface area contributed by atoms with E-state index in [0.717, 1.165) is 18.4 Å². The monoisotopic (exact) mass is 530 g/mol. The number of rotatable bonds is 4. The molecule has 0 heterocycles. The predicted octanol–water partition coefficient (Wildman–Crippen LogP) is 2.60. The van der Waals surface area contributed by atoms with Crippen molar-refractivity contribution in [2.45, 2.75) is 37.7 Å². The van der Waals surface area contributed by atoms with E-state index in [4.69, 9.17) is 5.73 Å². The van der Waals surface area contributed by atoms with Crippen LogP contribution in [-0.4, -0.2) is 49.4 Å². The number of fused-ring (bicyclic) bond motifs is 3. The van der Waals surface area contributed by atoms with Crippen LogP contribution in [0.2, 0.25) is 0 Å². The third-order valence-electron chi connectivity index (χ3n) is 8.36. The number of aromatic hydroxyl groups is 1. The van der Waals surface area contributed by atoms with Crippen molar-refractivity contribution in [1.29, 1.82) is 0 Å². The summed E-state index contributed by atoms with van der Waals surface area (Å²) in [6.45, 7) is 0. The number of nitrogens with one attached hydrogen (secondary N) is 1. The lowest BCUT2D eigenvalue weighted by Gasteiger charge is -2.45. The van der Waals surface area contributed by atoms with E-state index in [9.17, 15) is 39.6 Å². The molecule has 0 bridgehead atoms. The van der Waals surface area contributed by atoms with Gasteiger partial charge in [0.05, 0.1) is 5.56 Å². The van der Waals surface area contributed by atoms with Crippen molar-refractivity contribution >= 4 is 29.1 Å². The van der Waals surface area contributed by atoms with Gasteiger partial charge in [0.15, 0.2) is 11.4 Å². The molecule has 1 fully saturated rings. The molecule has 4 aliphatic rings. The number of hydrogen-bond donors (Lipinski definition) is 6. The van der Waals surface area contributed by atoms with E-state index in [1.807, 2.05) is 0 Å². The Morgan fingerprint density at radius 3 is 2.31 bits per heavy atom. The number of primary amides is 1. The van der Waals surface area contributed by atoms with Crippen molar-refractivity contribution in [3.8, 4) is 16.9 Å². The van der Waals surface area contributed by atoms with Crippen molar-refractivity contribution < 1.29 is 39.6 Å². The van der Waals surface area contributed by atoms with Crippen LogP contribution in [0, 0.1) is 17.8 Å². The molecule has 10 nitrogen and oxygen atoms in total. The number of anilines is 1. The number of nitrogens with two attached hydrogens (primary N) is 1. The number of phenolic OH excluding ortho intramolecular Hbond substituents is 1. The minimum atomic E-state index is -2.59. The van der Waals surface area contributed by atoms with Gasteiger partial charge in [0, 0.05) is 29.5 Å². The molecule has 2 amide bonds. The molecule has 0 aromatic heterocycles. The van der Waals surface area contributed by atoms with Crippen LogP contribution in [0.5, 0.6) is 5.75 Å². The molecule has 2 aromatic rings. The molecule has 6 rings (SSSR count). The molecule has 0 spiro atoms. The number of carbonyl (C=O) groups excluding carboxylic acids is 4. The fourth-order valence-corrected chi connectivity index (χ4v) is 6.21. The number of carbonyl (C=O) groups is 4. The van der Waals surface area contributed by atoms with Crippen LogP contribution in [0.1, 0.15) is 41.6 Å². The predicted molar refractivity (Wildman–Crippen MR) is 138 cm³/mol. The Morgan fingerprint density at radius 2 is 1.67 bits per heavy atom. The fourth-order valence-electron chi connectivity index (χ4n) is 6.21. The standard InChI is InChI=1S/C29H26N2O8/c30-27(37)23-20(33)11-15-9-14-10-18-17(12-3-5-16(6-4-12)31-28(38)13-1-2-13)7-8-19(32)22(18)24(34)21(14)25(35)29(15,39)26(23)36/h3-8,13-15,32-33,35,39H,1-2,9-11H2,(H2,30,37)(H,31,38)/t14-,15+,29+/m1/s1. The zero-order valence-corrected chi connectivity index (χ0v) is 20.7. The lowest BCUT2D eigenvalue weighted by atomic mass is 9.60. The summed E-state index contributed by atoms with van der Waals surface area (Å²) in [6, 6.07) is 10.2. The van der Waals surface area contributed by atoms with Crippen LogP contribution < -0.4 is 11.1 Å². The van der Waals surface area contributed by atoms with Gasteiger partial charge in [-0.3, -0.25) is 19.2 Å². The molecule has 39 heavy (non-hydrogen) atoms. The number of aliphatic hydroxyl groups is 3. The molecule has 10 heteroatoms. The Morgan fingerprint density at radius 1 is 0.974 bits per heavy atom. The van der Waals surface area contributed by atoms with Crippen LogP contribution in [0.25, 0.3) is 11.1 Å². The summed E-state index contributed by atoms with van der Waals surface area (Å²) in [5.41, 5.74) is 4.19. The van der Waals surface area contributed by atoms with Gasteiger partial charge in [0.1, 0.15) is 22.8 Å². The number of benzene rings is 2. The molecule has 0 aliphatic heterocycles. The van der Waals surface area contributed by atoms with Gasteiger partial charge in [0.25, 0.3) is 5.91 Å². The number of amides is 2. The fraction of sp³-hybridized carbons (Fsp3) is 0.310. The Labute approximate surface area is 222 Å². The van der Waals surface area contributed by atoms with E-state index in [-0.39, 0.29) is 48.0 Å². The summed E-state index contributed by atoms with van der Waals surface area (Å²) in [5.74, 6) is -6.56. The first-order valence-corrected chi connectivity index (χ1v) is 12.8. The lowest BCUT2D eigenvalue weighted by molar-refractivity contribution is -0.144. The number of ketones is 2. The first-order chi connectivity index (χ1) is 18.5. The Hall–Kier alpha value is -4.44. The Kier molecular flexibility index (Phi) is 5.44. The molecule has 2 aromatic carbocycles. The van der Waals surface area contributed by atoms with Crippen LogP contribution in [0.15, 0.2) is 59.1 Å². The van der Waals surface area contributed by atoms with Crippen molar-refractivity contribution in [3.63, 3.8) is 0 Å². The summed E-state index contributed by atoms with van der Waals surface area (Å²) in [7, 11) is 0. The smallest absolute Gasteiger partial charge is 0.255 e. The molecular weight excluding hydrogens is 504 g/mol. The number of phenols is 1. The molecule has 7 N–H and O–H groups in total. The summed E-state index contributed by atoms with van der Waals surface area (Å²) in [6.07, 6.45) is 1.76. The highest BCUT2D eigenvalue weighted by atomic mass is 16.3. The maximum Gasteiger partial charge on any atom is 0.255 e. The SMILES string of the molecule is NC(=O)C1=C(O)C[C@@H]2C[C@@H]3Cc4c(-c5ccc(NC(=O)C6CC6)cc5)ccc(O)c4C(=O)C3=C(O)[C@]2(O)C1=O.